The molecular weight excluding hydrogens is 288 g/mol. The molecular formula is C14H18N4O2S. The van der Waals surface area contributed by atoms with Crippen LogP contribution in [0.2, 0.25) is 0 Å². The molecule has 0 aliphatic carbocycles. The molecule has 3 rings (SSSR count). The van der Waals surface area contributed by atoms with E-state index in [9.17, 15) is 8.42 Å². The third kappa shape index (κ3) is 2.22. The molecule has 0 fully saturated rings. The van der Waals surface area contributed by atoms with Crippen molar-refractivity contribution in [2.75, 3.05) is 12.3 Å². The number of rotatable bonds is 2. The number of fused-ring (bicyclic) bond motifs is 1. The molecule has 1 aliphatic rings. The van der Waals surface area contributed by atoms with Gasteiger partial charge in [-0.3, -0.25) is 4.68 Å². The lowest BCUT2D eigenvalue weighted by Crippen LogP contribution is -2.36. The van der Waals surface area contributed by atoms with Crippen molar-refractivity contribution >= 4 is 15.8 Å². The van der Waals surface area contributed by atoms with Gasteiger partial charge >= 0.3 is 0 Å². The van der Waals surface area contributed by atoms with Crippen molar-refractivity contribution in [3.8, 4) is 0 Å². The third-order valence-corrected chi connectivity index (χ3v) is 6.01. The molecule has 6 nitrogen and oxygen atoms in total. The van der Waals surface area contributed by atoms with Crippen molar-refractivity contribution in [2.45, 2.75) is 24.8 Å². The second-order valence-corrected chi connectivity index (χ2v) is 7.16. The van der Waals surface area contributed by atoms with Crippen LogP contribution in [-0.2, 0) is 30.0 Å². The zero-order chi connectivity index (χ0) is 15.2. The lowest BCUT2D eigenvalue weighted by atomic mass is 10.0. The number of anilines is 1. The minimum atomic E-state index is -3.62. The fourth-order valence-corrected chi connectivity index (χ4v) is 4.45. The van der Waals surface area contributed by atoms with Gasteiger partial charge in [0.15, 0.2) is 5.82 Å². The summed E-state index contributed by atoms with van der Waals surface area (Å²) in [5, 5.41) is 4.00. The number of aryl methyl sites for hydroxylation is 1. The maximum atomic E-state index is 12.8. The van der Waals surface area contributed by atoms with Gasteiger partial charge in [0.2, 0.25) is 10.0 Å². The van der Waals surface area contributed by atoms with Gasteiger partial charge in [0, 0.05) is 20.1 Å². The second kappa shape index (κ2) is 4.85. The summed E-state index contributed by atoms with van der Waals surface area (Å²) in [5.74, 6) is 0.0638. The van der Waals surface area contributed by atoms with Crippen molar-refractivity contribution in [3.05, 3.63) is 41.1 Å². The van der Waals surface area contributed by atoms with E-state index >= 15 is 0 Å². The van der Waals surface area contributed by atoms with E-state index in [4.69, 9.17) is 5.73 Å². The Morgan fingerprint density at radius 2 is 1.90 bits per heavy atom. The quantitative estimate of drug-likeness (QED) is 0.899. The normalized spacial score (nSPS) is 15.9. The van der Waals surface area contributed by atoms with E-state index in [1.807, 2.05) is 24.3 Å². The van der Waals surface area contributed by atoms with E-state index in [-0.39, 0.29) is 10.7 Å². The molecule has 0 unspecified atom stereocenters. The molecule has 7 heteroatoms. The van der Waals surface area contributed by atoms with Crippen molar-refractivity contribution in [2.24, 2.45) is 7.05 Å². The molecule has 112 valence electrons. The summed E-state index contributed by atoms with van der Waals surface area (Å²) in [6.45, 7) is 2.56. The number of nitrogens with zero attached hydrogens (tertiary/aromatic N) is 3. The van der Waals surface area contributed by atoms with Crippen LogP contribution in [0.3, 0.4) is 0 Å². The number of hydrogen-bond acceptors (Lipinski definition) is 4. The Bertz CT molecular complexity index is 795. The average Bonchev–Trinajstić information content (AvgIpc) is 2.72. The molecule has 0 saturated heterocycles. The number of aromatic nitrogens is 2. The van der Waals surface area contributed by atoms with Crippen LogP contribution in [0, 0.1) is 6.92 Å². The van der Waals surface area contributed by atoms with Crippen LogP contribution in [0.5, 0.6) is 0 Å². The number of nitrogen functional groups attached to an aromatic ring is 1. The summed E-state index contributed by atoms with van der Waals surface area (Å²) in [5.41, 5.74) is 8.61. The van der Waals surface area contributed by atoms with Gasteiger partial charge in [-0.15, -0.1) is 0 Å². The Balaban J connectivity index is 2.01. The Labute approximate surface area is 124 Å². The summed E-state index contributed by atoms with van der Waals surface area (Å²) < 4.78 is 28.7. The summed E-state index contributed by atoms with van der Waals surface area (Å²) in [4.78, 5) is 0.129. The molecule has 0 amide bonds. The number of sulfonamides is 1. The van der Waals surface area contributed by atoms with Crippen molar-refractivity contribution < 1.29 is 8.42 Å². The highest BCUT2D eigenvalue weighted by Gasteiger charge is 2.33. The highest BCUT2D eigenvalue weighted by atomic mass is 32.2. The minimum absolute atomic E-state index is 0.0638. The highest BCUT2D eigenvalue weighted by Crippen LogP contribution is 2.29. The fourth-order valence-electron chi connectivity index (χ4n) is 2.74. The summed E-state index contributed by atoms with van der Waals surface area (Å²) in [6.07, 6.45) is 0.717. The Kier molecular flexibility index (Phi) is 3.26. The summed E-state index contributed by atoms with van der Waals surface area (Å²) >= 11 is 0. The molecule has 2 N–H and O–H groups in total. The van der Waals surface area contributed by atoms with Gasteiger partial charge in [-0.2, -0.15) is 9.40 Å². The third-order valence-electron chi connectivity index (χ3n) is 4.00. The van der Waals surface area contributed by atoms with Gasteiger partial charge in [-0.05, 0) is 24.5 Å². The first-order valence-electron chi connectivity index (χ1n) is 6.77. The number of nitrogens with two attached hydrogens (primary N) is 1. The predicted molar refractivity (Wildman–Crippen MR) is 80.1 cm³/mol. The van der Waals surface area contributed by atoms with Crippen LogP contribution in [0.1, 0.15) is 16.8 Å². The minimum Gasteiger partial charge on any atom is -0.381 e. The largest absolute Gasteiger partial charge is 0.381 e. The fraction of sp³-hybridized carbons (Fsp3) is 0.357. The van der Waals surface area contributed by atoms with Crippen molar-refractivity contribution in [3.63, 3.8) is 0 Å². The van der Waals surface area contributed by atoms with Crippen LogP contribution in [0.4, 0.5) is 5.82 Å². The van der Waals surface area contributed by atoms with Gasteiger partial charge in [0.05, 0.1) is 5.69 Å². The first kappa shape index (κ1) is 14.1. The zero-order valence-electron chi connectivity index (χ0n) is 12.1. The molecule has 21 heavy (non-hydrogen) atoms. The molecule has 1 aromatic heterocycles. The first-order valence-corrected chi connectivity index (χ1v) is 8.21. The van der Waals surface area contributed by atoms with Gasteiger partial charge in [0.1, 0.15) is 4.90 Å². The van der Waals surface area contributed by atoms with E-state index in [1.165, 1.54) is 14.6 Å². The molecule has 0 atom stereocenters. The molecule has 0 saturated carbocycles. The molecule has 2 aromatic rings. The van der Waals surface area contributed by atoms with Crippen molar-refractivity contribution in [1.29, 1.82) is 0 Å². The van der Waals surface area contributed by atoms with E-state index in [1.54, 1.807) is 14.0 Å². The van der Waals surface area contributed by atoms with Gasteiger partial charge < -0.3 is 5.73 Å². The number of hydrogen-bond donors (Lipinski definition) is 1. The van der Waals surface area contributed by atoms with Crippen LogP contribution in [0.15, 0.2) is 29.2 Å². The molecule has 1 aliphatic heterocycles. The lowest BCUT2D eigenvalue weighted by Gasteiger charge is -2.28. The Hall–Kier alpha value is -1.86. The van der Waals surface area contributed by atoms with E-state index in [2.05, 4.69) is 5.10 Å². The predicted octanol–water partition coefficient (Wildman–Crippen LogP) is 1.06. The van der Waals surface area contributed by atoms with Crippen molar-refractivity contribution in [1.82, 2.24) is 14.1 Å². The molecule has 0 spiro atoms. The molecule has 2 heterocycles. The number of benzene rings is 1. The molecule has 1 aromatic carbocycles. The topological polar surface area (TPSA) is 81.2 Å². The van der Waals surface area contributed by atoms with E-state index in [0.29, 0.717) is 25.2 Å². The zero-order valence-corrected chi connectivity index (χ0v) is 12.9. The van der Waals surface area contributed by atoms with Crippen LogP contribution < -0.4 is 5.73 Å². The van der Waals surface area contributed by atoms with Gasteiger partial charge in [0.25, 0.3) is 0 Å². The molecule has 0 bridgehead atoms. The van der Waals surface area contributed by atoms with E-state index in [0.717, 1.165) is 5.56 Å². The van der Waals surface area contributed by atoms with Gasteiger partial charge in [-0.1, -0.05) is 24.3 Å². The van der Waals surface area contributed by atoms with Crippen LogP contribution in [0.25, 0.3) is 0 Å². The lowest BCUT2D eigenvalue weighted by molar-refractivity contribution is 0.391. The average molecular weight is 306 g/mol. The van der Waals surface area contributed by atoms with Crippen LogP contribution >= 0.6 is 0 Å². The highest BCUT2D eigenvalue weighted by molar-refractivity contribution is 7.89. The van der Waals surface area contributed by atoms with E-state index < -0.39 is 10.0 Å². The summed E-state index contributed by atoms with van der Waals surface area (Å²) in [7, 11) is -1.93. The SMILES string of the molecule is Cc1c(S(=O)(=O)N2CCc3ccccc3C2)c(N)nn1C. The second-order valence-electron chi connectivity index (χ2n) is 5.28. The maximum Gasteiger partial charge on any atom is 0.248 e. The monoisotopic (exact) mass is 306 g/mol. The Morgan fingerprint density at radius 1 is 1.24 bits per heavy atom. The van der Waals surface area contributed by atoms with Crippen LogP contribution in [-0.4, -0.2) is 29.0 Å². The Morgan fingerprint density at radius 3 is 2.52 bits per heavy atom. The maximum absolute atomic E-state index is 12.8. The standard InChI is InChI=1S/C14H18N4O2S/c1-10-13(14(15)16-17(10)2)21(19,20)18-8-7-11-5-3-4-6-12(11)9-18/h3-6H,7-9H2,1-2H3,(H2,15,16). The van der Waals surface area contributed by atoms with Gasteiger partial charge in [-0.25, -0.2) is 8.42 Å². The smallest absolute Gasteiger partial charge is 0.248 e. The summed E-state index contributed by atoms with van der Waals surface area (Å²) in [6, 6.07) is 7.92. The molecule has 0 radical (unpaired) electrons. The first-order chi connectivity index (χ1) is 9.91.